The second-order valence-corrected chi connectivity index (χ2v) is 4.87. The van der Waals surface area contributed by atoms with Crippen molar-refractivity contribution < 1.29 is 9.84 Å². The largest absolute Gasteiger partial charge is 0.493 e. The van der Waals surface area contributed by atoms with Crippen molar-refractivity contribution in [3.05, 3.63) is 29.8 Å². The minimum atomic E-state index is -0.932. The van der Waals surface area contributed by atoms with Crippen LogP contribution in [-0.2, 0) is 5.60 Å². The zero-order chi connectivity index (χ0) is 12.3. The molecular weight excluding hydrogens is 214 g/mol. The first kappa shape index (κ1) is 12.4. The quantitative estimate of drug-likeness (QED) is 0.793. The molecular formula is C14H21NO2. The van der Waals surface area contributed by atoms with Crippen LogP contribution in [0.15, 0.2) is 24.3 Å². The van der Waals surface area contributed by atoms with Crippen LogP contribution in [0, 0.1) is 5.92 Å². The van der Waals surface area contributed by atoms with Gasteiger partial charge in [-0.15, -0.1) is 0 Å². The lowest BCUT2D eigenvalue weighted by molar-refractivity contribution is 0.0416. The van der Waals surface area contributed by atoms with Crippen molar-refractivity contribution in [1.82, 2.24) is 0 Å². The van der Waals surface area contributed by atoms with Crippen molar-refractivity contribution in [2.24, 2.45) is 11.7 Å². The highest BCUT2D eigenvalue weighted by Gasteiger charge is 2.26. The van der Waals surface area contributed by atoms with E-state index in [0.29, 0.717) is 6.42 Å². The maximum Gasteiger partial charge on any atom is 0.119 e. The fourth-order valence-corrected chi connectivity index (χ4v) is 1.84. The van der Waals surface area contributed by atoms with E-state index in [1.165, 1.54) is 12.8 Å². The average molecular weight is 235 g/mol. The van der Waals surface area contributed by atoms with Gasteiger partial charge < -0.3 is 15.6 Å². The first-order chi connectivity index (χ1) is 8.18. The van der Waals surface area contributed by atoms with Gasteiger partial charge in [-0.05, 0) is 42.9 Å². The van der Waals surface area contributed by atoms with E-state index in [9.17, 15) is 5.11 Å². The molecule has 0 heterocycles. The smallest absolute Gasteiger partial charge is 0.119 e. The molecule has 0 bridgehead atoms. The molecule has 1 aliphatic carbocycles. The van der Waals surface area contributed by atoms with Crippen molar-refractivity contribution in [2.45, 2.75) is 31.8 Å². The lowest BCUT2D eigenvalue weighted by Crippen LogP contribution is -2.34. The molecule has 3 nitrogen and oxygen atoms in total. The Bertz CT molecular complexity index is 370. The molecule has 94 valence electrons. The standard InChI is InChI=1S/C14H21NO2/c1-2-14(16,10-15)12-4-3-5-13(8-12)17-9-11-6-7-11/h3-5,8,11,16H,2,6-7,9-10,15H2,1H3/t14-/m0/s1. The van der Waals surface area contributed by atoms with E-state index in [4.69, 9.17) is 10.5 Å². The lowest BCUT2D eigenvalue weighted by atomic mass is 9.91. The molecule has 1 saturated carbocycles. The minimum absolute atomic E-state index is 0.232. The molecule has 0 radical (unpaired) electrons. The zero-order valence-corrected chi connectivity index (χ0v) is 10.4. The van der Waals surface area contributed by atoms with E-state index in [-0.39, 0.29) is 6.54 Å². The Morgan fingerprint density at radius 2 is 2.24 bits per heavy atom. The monoisotopic (exact) mass is 235 g/mol. The zero-order valence-electron chi connectivity index (χ0n) is 10.4. The molecule has 0 amide bonds. The fourth-order valence-electron chi connectivity index (χ4n) is 1.84. The molecule has 1 aromatic carbocycles. The van der Waals surface area contributed by atoms with Gasteiger partial charge in [0.15, 0.2) is 0 Å². The van der Waals surface area contributed by atoms with Gasteiger partial charge in [-0.2, -0.15) is 0 Å². The molecule has 0 spiro atoms. The molecule has 2 rings (SSSR count). The van der Waals surface area contributed by atoms with Crippen LogP contribution in [0.4, 0.5) is 0 Å². The Morgan fingerprint density at radius 3 is 2.82 bits per heavy atom. The first-order valence-corrected chi connectivity index (χ1v) is 6.33. The van der Waals surface area contributed by atoms with E-state index in [0.717, 1.165) is 23.8 Å². The predicted molar refractivity (Wildman–Crippen MR) is 67.9 cm³/mol. The van der Waals surface area contributed by atoms with Gasteiger partial charge in [0.1, 0.15) is 11.4 Å². The Morgan fingerprint density at radius 1 is 1.47 bits per heavy atom. The second-order valence-electron chi connectivity index (χ2n) is 4.87. The predicted octanol–water partition coefficient (Wildman–Crippen LogP) is 2.03. The number of aliphatic hydroxyl groups is 1. The van der Waals surface area contributed by atoms with Gasteiger partial charge in [-0.1, -0.05) is 19.1 Å². The van der Waals surface area contributed by atoms with Crippen molar-refractivity contribution in [3.8, 4) is 5.75 Å². The van der Waals surface area contributed by atoms with Crippen LogP contribution in [0.2, 0.25) is 0 Å². The topological polar surface area (TPSA) is 55.5 Å². The molecule has 1 aromatic rings. The normalized spacial score (nSPS) is 18.8. The number of ether oxygens (including phenoxy) is 1. The summed E-state index contributed by atoms with van der Waals surface area (Å²) in [7, 11) is 0. The Balaban J connectivity index is 2.08. The molecule has 3 heteroatoms. The van der Waals surface area contributed by atoms with Gasteiger partial charge >= 0.3 is 0 Å². The van der Waals surface area contributed by atoms with E-state index < -0.39 is 5.60 Å². The number of nitrogens with two attached hydrogens (primary N) is 1. The molecule has 1 atom stereocenters. The van der Waals surface area contributed by atoms with E-state index in [1.54, 1.807) is 0 Å². The summed E-state index contributed by atoms with van der Waals surface area (Å²) in [6.07, 6.45) is 3.17. The van der Waals surface area contributed by atoms with Crippen LogP contribution in [0.5, 0.6) is 5.75 Å². The molecule has 1 fully saturated rings. The molecule has 1 aliphatic rings. The maximum absolute atomic E-state index is 10.3. The van der Waals surface area contributed by atoms with Crippen molar-refractivity contribution in [2.75, 3.05) is 13.2 Å². The third-order valence-electron chi connectivity index (χ3n) is 3.48. The highest BCUT2D eigenvalue weighted by molar-refractivity contribution is 5.32. The van der Waals surface area contributed by atoms with Crippen LogP contribution < -0.4 is 10.5 Å². The highest BCUT2D eigenvalue weighted by Crippen LogP contribution is 2.31. The Labute approximate surface area is 103 Å². The van der Waals surface area contributed by atoms with Crippen LogP contribution in [0.1, 0.15) is 31.7 Å². The third-order valence-corrected chi connectivity index (χ3v) is 3.48. The lowest BCUT2D eigenvalue weighted by Gasteiger charge is -2.25. The summed E-state index contributed by atoms with van der Waals surface area (Å²) in [5.41, 5.74) is 5.55. The SMILES string of the molecule is CC[C@](O)(CN)c1cccc(OCC2CC2)c1. The number of rotatable bonds is 6. The van der Waals surface area contributed by atoms with Gasteiger partial charge in [0.2, 0.25) is 0 Å². The van der Waals surface area contributed by atoms with Crippen molar-refractivity contribution in [1.29, 1.82) is 0 Å². The fraction of sp³-hybridized carbons (Fsp3) is 0.571. The summed E-state index contributed by atoms with van der Waals surface area (Å²) in [6.45, 7) is 2.96. The first-order valence-electron chi connectivity index (χ1n) is 6.33. The third kappa shape index (κ3) is 2.99. The summed E-state index contributed by atoms with van der Waals surface area (Å²) < 4.78 is 5.70. The molecule has 17 heavy (non-hydrogen) atoms. The second kappa shape index (κ2) is 5.07. The summed E-state index contributed by atoms with van der Waals surface area (Å²) in [6, 6.07) is 7.64. The summed E-state index contributed by atoms with van der Waals surface area (Å²) in [5, 5.41) is 10.3. The molecule has 0 aliphatic heterocycles. The van der Waals surface area contributed by atoms with E-state index in [2.05, 4.69) is 0 Å². The van der Waals surface area contributed by atoms with Crippen molar-refractivity contribution >= 4 is 0 Å². The number of hydrogen-bond donors (Lipinski definition) is 2. The van der Waals surface area contributed by atoms with Crippen LogP contribution in [-0.4, -0.2) is 18.3 Å². The highest BCUT2D eigenvalue weighted by atomic mass is 16.5. The Kier molecular flexibility index (Phi) is 3.69. The number of hydrogen-bond acceptors (Lipinski definition) is 3. The van der Waals surface area contributed by atoms with Crippen LogP contribution in [0.25, 0.3) is 0 Å². The molecule has 0 saturated heterocycles. The molecule has 0 unspecified atom stereocenters. The Hall–Kier alpha value is -1.06. The van der Waals surface area contributed by atoms with E-state index >= 15 is 0 Å². The van der Waals surface area contributed by atoms with Crippen LogP contribution in [0.3, 0.4) is 0 Å². The average Bonchev–Trinajstić information content (AvgIpc) is 3.20. The summed E-state index contributed by atoms with van der Waals surface area (Å²) in [5.74, 6) is 1.56. The maximum atomic E-state index is 10.3. The van der Waals surface area contributed by atoms with Gasteiger partial charge in [0.25, 0.3) is 0 Å². The molecule has 3 N–H and O–H groups in total. The number of benzene rings is 1. The van der Waals surface area contributed by atoms with Crippen LogP contribution >= 0.6 is 0 Å². The van der Waals surface area contributed by atoms with Gasteiger partial charge in [0, 0.05) is 6.54 Å². The summed E-state index contributed by atoms with van der Waals surface area (Å²) >= 11 is 0. The minimum Gasteiger partial charge on any atom is -0.493 e. The van der Waals surface area contributed by atoms with Gasteiger partial charge in [-0.25, -0.2) is 0 Å². The molecule has 0 aromatic heterocycles. The van der Waals surface area contributed by atoms with Crippen molar-refractivity contribution in [3.63, 3.8) is 0 Å². The van der Waals surface area contributed by atoms with E-state index in [1.807, 2.05) is 31.2 Å². The van der Waals surface area contributed by atoms with Gasteiger partial charge in [-0.3, -0.25) is 0 Å². The summed E-state index contributed by atoms with van der Waals surface area (Å²) in [4.78, 5) is 0. The van der Waals surface area contributed by atoms with Gasteiger partial charge in [0.05, 0.1) is 6.61 Å².